The summed E-state index contributed by atoms with van der Waals surface area (Å²) in [6.45, 7) is 7.74. The van der Waals surface area contributed by atoms with E-state index in [0.717, 1.165) is 64.6 Å². The number of anilines is 4. The van der Waals surface area contributed by atoms with Crippen molar-refractivity contribution < 1.29 is 8.83 Å². The molecule has 19 nitrogen and oxygen atoms in total. The van der Waals surface area contributed by atoms with Crippen molar-refractivity contribution >= 4 is 35.3 Å². The maximum Gasteiger partial charge on any atom is 0.259 e. The van der Waals surface area contributed by atoms with E-state index in [4.69, 9.17) is 20.3 Å². The molecular formula is C30H33N17O2. The minimum atomic E-state index is 0.251. The maximum absolute atomic E-state index is 6.09. The van der Waals surface area contributed by atoms with E-state index in [-0.39, 0.29) is 11.9 Å². The summed E-state index contributed by atoms with van der Waals surface area (Å²) in [5.74, 6) is 4.51. The Morgan fingerprint density at radius 3 is 1.71 bits per heavy atom. The number of aromatic nitrogens is 11. The van der Waals surface area contributed by atoms with Crippen LogP contribution in [0.15, 0.2) is 70.0 Å². The molecule has 2 fully saturated rings. The minimum absolute atomic E-state index is 0.251. The third-order valence-corrected chi connectivity index (χ3v) is 8.09. The van der Waals surface area contributed by atoms with Crippen molar-refractivity contribution in [2.24, 2.45) is 0 Å². The first-order chi connectivity index (χ1) is 24.1. The fraction of sp³-hybridized carbons (Fsp3) is 0.300. The summed E-state index contributed by atoms with van der Waals surface area (Å²) in [6.07, 6.45) is 4.97. The third kappa shape index (κ3) is 6.39. The molecule has 0 aliphatic carbocycles. The summed E-state index contributed by atoms with van der Waals surface area (Å²) < 4.78 is 13.5. The number of piperazine rings is 2. The van der Waals surface area contributed by atoms with Gasteiger partial charge in [0.1, 0.15) is 0 Å². The first kappa shape index (κ1) is 30.1. The molecule has 19 heteroatoms. The monoisotopic (exact) mass is 663 g/mol. The van der Waals surface area contributed by atoms with Crippen LogP contribution in [0.4, 0.5) is 23.8 Å². The number of rotatable bonds is 6. The van der Waals surface area contributed by atoms with Crippen LogP contribution in [0, 0.1) is 0 Å². The third-order valence-electron chi connectivity index (χ3n) is 8.09. The Morgan fingerprint density at radius 2 is 1.20 bits per heavy atom. The summed E-state index contributed by atoms with van der Waals surface area (Å²) in [5.41, 5.74) is 13.1. The molecule has 250 valence electrons. The van der Waals surface area contributed by atoms with Gasteiger partial charge in [0.25, 0.3) is 11.6 Å². The van der Waals surface area contributed by atoms with Crippen molar-refractivity contribution in [2.75, 3.05) is 73.6 Å². The normalized spacial score (nSPS) is 15.5. The van der Waals surface area contributed by atoms with Crippen LogP contribution in [0.2, 0.25) is 0 Å². The van der Waals surface area contributed by atoms with Gasteiger partial charge in [-0.3, -0.25) is 9.88 Å². The molecule has 0 radical (unpaired) electrons. The predicted octanol–water partition coefficient (Wildman–Crippen LogP) is 0.850. The van der Waals surface area contributed by atoms with E-state index in [1.807, 2.05) is 24.4 Å². The van der Waals surface area contributed by atoms with Crippen molar-refractivity contribution in [3.63, 3.8) is 0 Å². The molecule has 7 aromatic heterocycles. The minimum Gasteiger partial charge on any atom is -0.461 e. The summed E-state index contributed by atoms with van der Waals surface area (Å²) in [6, 6.07) is 13.1. The number of nitrogens with zero attached hydrogens (tertiary/aromatic N) is 14. The van der Waals surface area contributed by atoms with Crippen LogP contribution in [0.25, 0.3) is 34.7 Å². The van der Waals surface area contributed by atoms with Crippen molar-refractivity contribution in [3.8, 4) is 23.2 Å². The van der Waals surface area contributed by atoms with E-state index < -0.39 is 0 Å². The highest BCUT2D eigenvalue weighted by Crippen LogP contribution is 2.21. The lowest BCUT2D eigenvalue weighted by Crippen LogP contribution is -2.46. The van der Waals surface area contributed by atoms with Crippen LogP contribution in [-0.2, 0) is 6.54 Å². The molecule has 0 aromatic carbocycles. The van der Waals surface area contributed by atoms with Gasteiger partial charge in [0, 0.05) is 65.1 Å². The standard InChI is InChI=1S/C18H19N9O.C12H14N8O/c19-16-22-17(23-18-21-15(24-27(16)18)14-5-3-11-28-14)26-9-7-25(8-10-26)12-13-4-1-2-6-20-13;13-10-16-11(19-5-3-14-4-6-19)17-12-15-9(18-20(10)12)8-2-1-7-21-8/h1-6,11H,7-10,12H2,(H2,19,21,22,23,24);1-2,7,14H,3-6H2,(H2,13,15,16,17,18). The van der Waals surface area contributed by atoms with E-state index in [0.29, 0.717) is 46.6 Å². The molecule has 2 saturated heterocycles. The lowest BCUT2D eigenvalue weighted by atomic mass is 10.3. The Labute approximate surface area is 278 Å². The van der Waals surface area contributed by atoms with Crippen LogP contribution < -0.4 is 26.6 Å². The first-order valence-corrected chi connectivity index (χ1v) is 15.8. The summed E-state index contributed by atoms with van der Waals surface area (Å²) in [7, 11) is 0. The molecule has 2 aliphatic heterocycles. The molecule has 7 aromatic rings. The lowest BCUT2D eigenvalue weighted by Gasteiger charge is -2.34. The van der Waals surface area contributed by atoms with Gasteiger partial charge in [0.15, 0.2) is 11.5 Å². The largest absolute Gasteiger partial charge is 0.461 e. The summed E-state index contributed by atoms with van der Waals surface area (Å²) in [5, 5.41) is 11.9. The second-order valence-corrected chi connectivity index (χ2v) is 11.3. The Morgan fingerprint density at radius 1 is 0.633 bits per heavy atom. The van der Waals surface area contributed by atoms with Gasteiger partial charge in [-0.2, -0.15) is 38.9 Å². The molecule has 0 atom stereocenters. The highest BCUT2D eigenvalue weighted by atomic mass is 16.3. The first-order valence-electron chi connectivity index (χ1n) is 15.8. The molecule has 0 spiro atoms. The number of hydrogen-bond donors (Lipinski definition) is 3. The fourth-order valence-corrected chi connectivity index (χ4v) is 5.58. The number of hydrogen-bond acceptors (Lipinski definition) is 17. The van der Waals surface area contributed by atoms with Crippen molar-refractivity contribution in [1.29, 1.82) is 0 Å². The fourth-order valence-electron chi connectivity index (χ4n) is 5.58. The van der Waals surface area contributed by atoms with Gasteiger partial charge in [-0.1, -0.05) is 6.07 Å². The molecule has 0 saturated carbocycles. The smallest absolute Gasteiger partial charge is 0.259 e. The van der Waals surface area contributed by atoms with Gasteiger partial charge in [0.2, 0.25) is 35.4 Å². The van der Waals surface area contributed by atoms with Crippen molar-refractivity contribution in [1.82, 2.24) is 64.3 Å². The van der Waals surface area contributed by atoms with E-state index in [2.05, 4.69) is 65.1 Å². The Bertz CT molecular complexity index is 2130. The average Bonchev–Trinajstić information content (AvgIpc) is 3.97. The molecule has 49 heavy (non-hydrogen) atoms. The quantitative estimate of drug-likeness (QED) is 0.224. The maximum atomic E-state index is 6.09. The van der Waals surface area contributed by atoms with E-state index in [1.165, 1.54) is 9.03 Å². The average molecular weight is 664 g/mol. The van der Waals surface area contributed by atoms with Crippen LogP contribution in [0.1, 0.15) is 5.69 Å². The molecule has 9 heterocycles. The summed E-state index contributed by atoms with van der Waals surface area (Å²) >= 11 is 0. The highest BCUT2D eigenvalue weighted by Gasteiger charge is 2.22. The zero-order valence-electron chi connectivity index (χ0n) is 26.4. The Kier molecular flexibility index (Phi) is 8.07. The van der Waals surface area contributed by atoms with Crippen molar-refractivity contribution in [2.45, 2.75) is 6.54 Å². The van der Waals surface area contributed by atoms with Gasteiger partial charge in [-0.25, -0.2) is 0 Å². The van der Waals surface area contributed by atoms with Gasteiger partial charge in [0.05, 0.1) is 18.2 Å². The zero-order chi connectivity index (χ0) is 33.2. The number of nitrogens with one attached hydrogen (secondary N) is 1. The van der Waals surface area contributed by atoms with E-state index >= 15 is 0 Å². The number of pyridine rings is 1. The van der Waals surface area contributed by atoms with Gasteiger partial charge in [-0.15, -0.1) is 10.2 Å². The van der Waals surface area contributed by atoms with Gasteiger partial charge < -0.3 is 35.4 Å². The Hall–Kier alpha value is -6.21. The highest BCUT2D eigenvalue weighted by molar-refractivity contribution is 5.54. The predicted molar refractivity (Wildman–Crippen MR) is 178 cm³/mol. The van der Waals surface area contributed by atoms with E-state index in [1.54, 1.807) is 36.8 Å². The lowest BCUT2D eigenvalue weighted by molar-refractivity contribution is 0.246. The molecular weight excluding hydrogens is 630 g/mol. The van der Waals surface area contributed by atoms with Crippen molar-refractivity contribution in [3.05, 3.63) is 66.9 Å². The SMILES string of the molecule is Nc1nc(N2CCN(Cc3ccccn3)CC2)nc2nc(-c3ccco3)nn12.Nc1nc(N2CCNCC2)nc2nc(-c3ccco3)nn12. The van der Waals surface area contributed by atoms with Crippen LogP contribution in [-0.4, -0.2) is 111 Å². The topological polar surface area (TPSA) is 225 Å². The molecule has 9 rings (SSSR count). The summed E-state index contributed by atoms with van der Waals surface area (Å²) in [4.78, 5) is 37.5. The second kappa shape index (κ2) is 13.1. The molecule has 0 unspecified atom stereocenters. The number of nitrogens with two attached hydrogens (primary N) is 2. The van der Waals surface area contributed by atoms with Gasteiger partial charge >= 0.3 is 0 Å². The number of nitrogen functional groups attached to an aromatic ring is 2. The number of fused-ring (bicyclic) bond motifs is 2. The zero-order valence-corrected chi connectivity index (χ0v) is 26.4. The second-order valence-electron chi connectivity index (χ2n) is 11.3. The molecule has 0 bridgehead atoms. The molecule has 2 aliphatic rings. The molecule has 0 amide bonds. The van der Waals surface area contributed by atoms with Crippen LogP contribution >= 0.6 is 0 Å². The van der Waals surface area contributed by atoms with E-state index in [9.17, 15) is 0 Å². The Balaban J connectivity index is 0.000000148. The van der Waals surface area contributed by atoms with Crippen LogP contribution in [0.3, 0.4) is 0 Å². The number of furan rings is 2. The van der Waals surface area contributed by atoms with Gasteiger partial charge in [-0.05, 0) is 36.4 Å². The molecule has 5 N–H and O–H groups in total. The van der Waals surface area contributed by atoms with Crippen LogP contribution in [0.5, 0.6) is 0 Å².